The Kier molecular flexibility index (Phi) is 13.1. The molecule has 0 spiro atoms. The Balaban J connectivity index is 0. The van der Waals surface area contributed by atoms with E-state index in [0.717, 1.165) is 12.8 Å². The first-order chi connectivity index (χ1) is 7.04. The van der Waals surface area contributed by atoms with Gasteiger partial charge in [0, 0.05) is 12.5 Å². The molecule has 0 atom stereocenters. The fourth-order valence-electron chi connectivity index (χ4n) is 0.576. The Morgan fingerprint density at radius 2 is 1.87 bits per heavy atom. The van der Waals surface area contributed by atoms with Gasteiger partial charge in [0.15, 0.2) is 0 Å². The Bertz CT molecular complexity index is 219. The third-order valence-corrected chi connectivity index (χ3v) is 1.28. The SMILES string of the molecule is C=CCCC(=O)O.CCCC=CC(=O)O. The summed E-state index contributed by atoms with van der Waals surface area (Å²) in [7, 11) is 0. The molecular weight excluding hydrogens is 196 g/mol. The third kappa shape index (κ3) is 24.5. The van der Waals surface area contributed by atoms with Gasteiger partial charge in [0.25, 0.3) is 0 Å². The molecule has 0 saturated carbocycles. The number of rotatable bonds is 6. The lowest BCUT2D eigenvalue weighted by atomic mass is 10.3. The van der Waals surface area contributed by atoms with Crippen molar-refractivity contribution in [2.75, 3.05) is 0 Å². The maximum absolute atomic E-state index is 9.79. The maximum Gasteiger partial charge on any atom is 0.327 e. The van der Waals surface area contributed by atoms with Crippen LogP contribution in [0, 0.1) is 0 Å². The van der Waals surface area contributed by atoms with Crippen LogP contribution in [0.2, 0.25) is 0 Å². The number of hydrogen-bond donors (Lipinski definition) is 2. The summed E-state index contributed by atoms with van der Waals surface area (Å²) < 4.78 is 0. The number of carboxylic acids is 2. The number of allylic oxidation sites excluding steroid dienone is 2. The molecule has 0 heterocycles. The second-order valence-electron chi connectivity index (χ2n) is 2.75. The van der Waals surface area contributed by atoms with E-state index in [4.69, 9.17) is 10.2 Å². The first kappa shape index (κ1) is 15.9. The van der Waals surface area contributed by atoms with Crippen LogP contribution in [0.15, 0.2) is 24.8 Å². The first-order valence-corrected chi connectivity index (χ1v) is 4.76. The van der Waals surface area contributed by atoms with Crippen molar-refractivity contribution in [1.29, 1.82) is 0 Å². The summed E-state index contributed by atoms with van der Waals surface area (Å²) in [6, 6.07) is 0. The van der Waals surface area contributed by atoms with Crippen molar-refractivity contribution in [2.24, 2.45) is 0 Å². The Morgan fingerprint density at radius 3 is 2.13 bits per heavy atom. The molecule has 0 radical (unpaired) electrons. The van der Waals surface area contributed by atoms with Gasteiger partial charge in [-0.2, -0.15) is 0 Å². The molecule has 4 heteroatoms. The quantitative estimate of drug-likeness (QED) is 0.526. The molecule has 86 valence electrons. The van der Waals surface area contributed by atoms with E-state index in [9.17, 15) is 9.59 Å². The van der Waals surface area contributed by atoms with Crippen molar-refractivity contribution in [2.45, 2.75) is 32.6 Å². The summed E-state index contributed by atoms with van der Waals surface area (Å²) in [5.74, 6) is -1.63. The van der Waals surface area contributed by atoms with Crippen LogP contribution in [0.4, 0.5) is 0 Å². The summed E-state index contributed by atoms with van der Waals surface area (Å²) in [6.45, 7) is 5.38. The first-order valence-electron chi connectivity index (χ1n) is 4.76. The monoisotopic (exact) mass is 214 g/mol. The van der Waals surface area contributed by atoms with Crippen LogP contribution in [0.1, 0.15) is 32.6 Å². The van der Waals surface area contributed by atoms with Crippen molar-refractivity contribution in [1.82, 2.24) is 0 Å². The molecule has 0 aromatic heterocycles. The molecule has 0 bridgehead atoms. The van der Waals surface area contributed by atoms with Gasteiger partial charge >= 0.3 is 11.9 Å². The summed E-state index contributed by atoms with van der Waals surface area (Å²) in [5, 5.41) is 16.1. The highest BCUT2D eigenvalue weighted by atomic mass is 16.4. The van der Waals surface area contributed by atoms with Gasteiger partial charge in [-0.05, 0) is 12.8 Å². The lowest BCUT2D eigenvalue weighted by Gasteiger charge is -1.82. The molecular formula is C11H18O4. The standard InChI is InChI=1S/C6H10O2.C5H8O2/c1-2-3-4-5-6(7)8;1-2-3-4-5(6)7/h4-5H,2-3H2,1H3,(H,7,8);2H,1,3-4H2,(H,6,7). The molecule has 0 aliphatic rings. The molecule has 0 aliphatic heterocycles. The molecule has 2 N–H and O–H groups in total. The maximum atomic E-state index is 9.79. The minimum atomic E-state index is -0.863. The zero-order valence-electron chi connectivity index (χ0n) is 8.98. The van der Waals surface area contributed by atoms with E-state index in [0.29, 0.717) is 6.42 Å². The largest absolute Gasteiger partial charge is 0.481 e. The van der Waals surface area contributed by atoms with Crippen LogP contribution in [-0.2, 0) is 9.59 Å². The number of carboxylic acid groups (broad SMARTS) is 2. The van der Waals surface area contributed by atoms with Crippen molar-refractivity contribution in [3.8, 4) is 0 Å². The summed E-state index contributed by atoms with van der Waals surface area (Å²) >= 11 is 0. The molecule has 0 aromatic carbocycles. The predicted molar refractivity (Wildman–Crippen MR) is 58.8 cm³/mol. The van der Waals surface area contributed by atoms with E-state index < -0.39 is 11.9 Å². The lowest BCUT2D eigenvalue weighted by Crippen LogP contribution is -1.90. The molecule has 0 fully saturated rings. The number of carbonyl (C=O) groups is 2. The molecule has 0 aliphatic carbocycles. The number of hydrogen-bond acceptors (Lipinski definition) is 2. The third-order valence-electron chi connectivity index (χ3n) is 1.28. The van der Waals surface area contributed by atoms with E-state index in [-0.39, 0.29) is 6.42 Å². The summed E-state index contributed by atoms with van der Waals surface area (Å²) in [6.07, 6.45) is 7.04. The molecule has 0 amide bonds. The average Bonchev–Trinajstić information content (AvgIpc) is 2.15. The fraction of sp³-hybridized carbons (Fsp3) is 0.455. The molecule has 0 aromatic rings. The van der Waals surface area contributed by atoms with E-state index in [1.165, 1.54) is 6.08 Å². The average molecular weight is 214 g/mol. The van der Waals surface area contributed by atoms with Gasteiger partial charge < -0.3 is 10.2 Å². The van der Waals surface area contributed by atoms with Crippen LogP contribution < -0.4 is 0 Å². The predicted octanol–water partition coefficient (Wildman–Crippen LogP) is 2.46. The minimum Gasteiger partial charge on any atom is -0.481 e. The zero-order chi connectivity index (χ0) is 12.1. The van der Waals surface area contributed by atoms with Crippen molar-refractivity contribution >= 4 is 11.9 Å². The fourth-order valence-corrected chi connectivity index (χ4v) is 0.576. The second kappa shape index (κ2) is 12.4. The highest BCUT2D eigenvalue weighted by Crippen LogP contribution is 1.87. The molecule has 4 nitrogen and oxygen atoms in total. The van der Waals surface area contributed by atoms with E-state index in [2.05, 4.69) is 6.58 Å². The summed E-state index contributed by atoms with van der Waals surface area (Å²) in [4.78, 5) is 19.5. The second-order valence-corrected chi connectivity index (χ2v) is 2.75. The van der Waals surface area contributed by atoms with Gasteiger partial charge in [0.1, 0.15) is 0 Å². The summed E-state index contributed by atoms with van der Waals surface area (Å²) in [5.41, 5.74) is 0. The minimum absolute atomic E-state index is 0.198. The molecule has 0 saturated heterocycles. The number of aliphatic carboxylic acids is 2. The van der Waals surface area contributed by atoms with Crippen LogP contribution in [-0.4, -0.2) is 22.2 Å². The highest BCUT2D eigenvalue weighted by Gasteiger charge is 1.89. The van der Waals surface area contributed by atoms with Crippen molar-refractivity contribution in [3.05, 3.63) is 24.8 Å². The van der Waals surface area contributed by atoms with E-state index >= 15 is 0 Å². The normalized spacial score (nSPS) is 9.13. The van der Waals surface area contributed by atoms with Crippen molar-refractivity contribution < 1.29 is 19.8 Å². The van der Waals surface area contributed by atoms with Gasteiger partial charge in [-0.1, -0.05) is 25.5 Å². The Labute approximate surface area is 89.9 Å². The Morgan fingerprint density at radius 1 is 1.27 bits per heavy atom. The van der Waals surface area contributed by atoms with Gasteiger partial charge in [-0.3, -0.25) is 4.79 Å². The molecule has 15 heavy (non-hydrogen) atoms. The zero-order valence-corrected chi connectivity index (χ0v) is 8.98. The van der Waals surface area contributed by atoms with E-state index in [1.807, 2.05) is 6.92 Å². The van der Waals surface area contributed by atoms with Gasteiger partial charge in [0.2, 0.25) is 0 Å². The van der Waals surface area contributed by atoms with Crippen LogP contribution in [0.5, 0.6) is 0 Å². The molecule has 0 unspecified atom stereocenters. The van der Waals surface area contributed by atoms with Crippen LogP contribution in [0.3, 0.4) is 0 Å². The van der Waals surface area contributed by atoms with Gasteiger partial charge in [0.05, 0.1) is 0 Å². The van der Waals surface area contributed by atoms with Crippen LogP contribution >= 0.6 is 0 Å². The van der Waals surface area contributed by atoms with Gasteiger partial charge in [-0.25, -0.2) is 4.79 Å². The number of unbranched alkanes of at least 4 members (excludes halogenated alkanes) is 1. The smallest absolute Gasteiger partial charge is 0.327 e. The molecule has 0 rings (SSSR count). The highest BCUT2D eigenvalue weighted by molar-refractivity contribution is 5.79. The van der Waals surface area contributed by atoms with Crippen molar-refractivity contribution in [3.63, 3.8) is 0 Å². The van der Waals surface area contributed by atoms with Gasteiger partial charge in [-0.15, -0.1) is 6.58 Å². The topological polar surface area (TPSA) is 74.6 Å². The van der Waals surface area contributed by atoms with E-state index in [1.54, 1.807) is 12.2 Å². The lowest BCUT2D eigenvalue weighted by molar-refractivity contribution is -0.137. The van der Waals surface area contributed by atoms with Crippen LogP contribution in [0.25, 0.3) is 0 Å². The Hall–Kier alpha value is -1.58.